The summed E-state index contributed by atoms with van der Waals surface area (Å²) in [6.07, 6.45) is 9.94. The second-order valence-corrected chi connectivity index (χ2v) is 7.67. The highest BCUT2D eigenvalue weighted by Crippen LogP contribution is 2.27. The minimum Gasteiger partial charge on any atom is -0.313 e. The Labute approximate surface area is 168 Å². The monoisotopic (exact) mass is 385 g/mol. The molecule has 6 heteroatoms. The van der Waals surface area contributed by atoms with E-state index in [2.05, 4.69) is 21.4 Å². The molecule has 0 aliphatic heterocycles. The van der Waals surface area contributed by atoms with Gasteiger partial charge in [0.15, 0.2) is 11.2 Å². The van der Waals surface area contributed by atoms with Crippen molar-refractivity contribution in [1.29, 1.82) is 0 Å². The fourth-order valence-corrected chi connectivity index (χ4v) is 4.21. The van der Waals surface area contributed by atoms with E-state index in [9.17, 15) is 4.79 Å². The Hall–Kier alpha value is -3.28. The predicted molar refractivity (Wildman–Crippen MR) is 114 cm³/mol. The first-order chi connectivity index (χ1) is 14.2. The van der Waals surface area contributed by atoms with E-state index in [1.54, 1.807) is 9.08 Å². The maximum Gasteiger partial charge on any atom is 0.280 e. The van der Waals surface area contributed by atoms with Gasteiger partial charge in [-0.25, -0.2) is 4.52 Å². The van der Waals surface area contributed by atoms with E-state index < -0.39 is 0 Å². The first-order valence-electron chi connectivity index (χ1n) is 10.2. The molecule has 29 heavy (non-hydrogen) atoms. The summed E-state index contributed by atoms with van der Waals surface area (Å²) >= 11 is 0. The number of aromatic nitrogens is 5. The zero-order valence-electron chi connectivity index (χ0n) is 16.5. The van der Waals surface area contributed by atoms with E-state index in [0.29, 0.717) is 23.2 Å². The Morgan fingerprint density at radius 3 is 2.72 bits per heavy atom. The Bertz CT molecular complexity index is 1280. The quantitative estimate of drug-likeness (QED) is 0.491. The molecule has 0 fully saturated rings. The Morgan fingerprint density at radius 2 is 1.93 bits per heavy atom. The average molecular weight is 385 g/mol. The maximum absolute atomic E-state index is 13.0. The normalized spacial score (nSPS) is 14.4. The summed E-state index contributed by atoms with van der Waals surface area (Å²) in [5.74, 6) is 0. The Balaban J connectivity index is 1.57. The number of pyridine rings is 1. The average Bonchev–Trinajstić information content (AvgIpc) is 3.11. The van der Waals surface area contributed by atoms with Crippen molar-refractivity contribution < 1.29 is 0 Å². The van der Waals surface area contributed by atoms with Gasteiger partial charge in [-0.2, -0.15) is 5.10 Å². The van der Waals surface area contributed by atoms with Crippen LogP contribution in [-0.4, -0.2) is 24.4 Å². The lowest BCUT2D eigenvalue weighted by Crippen LogP contribution is -2.22. The van der Waals surface area contributed by atoms with Gasteiger partial charge in [-0.1, -0.05) is 42.0 Å². The zero-order chi connectivity index (χ0) is 19.8. The number of benzene rings is 1. The van der Waals surface area contributed by atoms with Crippen LogP contribution in [0, 0.1) is 6.92 Å². The highest BCUT2D eigenvalue weighted by molar-refractivity contribution is 5.84. The third-order valence-electron chi connectivity index (χ3n) is 5.75. The first kappa shape index (κ1) is 17.8. The minimum absolute atomic E-state index is 0.109. The van der Waals surface area contributed by atoms with E-state index in [-0.39, 0.29) is 5.56 Å². The van der Waals surface area contributed by atoms with Gasteiger partial charge in [0.1, 0.15) is 5.52 Å². The largest absolute Gasteiger partial charge is 0.313 e. The van der Waals surface area contributed by atoms with Gasteiger partial charge in [0, 0.05) is 12.7 Å². The van der Waals surface area contributed by atoms with Crippen LogP contribution >= 0.6 is 0 Å². The fourth-order valence-electron chi connectivity index (χ4n) is 4.21. The molecule has 3 heterocycles. The Kier molecular flexibility index (Phi) is 4.46. The number of hydrogen-bond acceptors (Lipinski definition) is 4. The molecular weight excluding hydrogens is 362 g/mol. The SMILES string of the molecule is Cc1nn2c(nnc3c(=O)n(CCC4=CCCCC4)ccc32)c1-c1ccccc1. The Morgan fingerprint density at radius 1 is 1.07 bits per heavy atom. The topological polar surface area (TPSA) is 65.1 Å². The van der Waals surface area contributed by atoms with Gasteiger partial charge < -0.3 is 4.57 Å². The summed E-state index contributed by atoms with van der Waals surface area (Å²) in [4.78, 5) is 13.0. The first-order valence-corrected chi connectivity index (χ1v) is 10.2. The molecule has 0 saturated heterocycles. The van der Waals surface area contributed by atoms with Crippen molar-refractivity contribution in [2.75, 3.05) is 0 Å². The molecule has 0 saturated carbocycles. The number of hydrogen-bond donors (Lipinski definition) is 0. The third-order valence-corrected chi connectivity index (χ3v) is 5.75. The standard InChI is InChI=1S/C23H23N5O/c1-16-20(18-10-6-3-7-11-18)22-25-24-21-19(28(22)26-16)13-15-27(23(21)29)14-12-17-8-4-2-5-9-17/h3,6-8,10-11,13,15H,2,4-5,9,12,14H2,1H3. The zero-order valence-corrected chi connectivity index (χ0v) is 16.5. The van der Waals surface area contributed by atoms with Crippen molar-refractivity contribution in [2.24, 2.45) is 0 Å². The van der Waals surface area contributed by atoms with Crippen LogP contribution in [0.5, 0.6) is 0 Å². The molecule has 146 valence electrons. The van der Waals surface area contributed by atoms with Crippen molar-refractivity contribution >= 4 is 16.7 Å². The number of aryl methyl sites for hydroxylation is 2. The minimum atomic E-state index is -0.109. The van der Waals surface area contributed by atoms with E-state index >= 15 is 0 Å². The molecule has 1 aromatic carbocycles. The highest BCUT2D eigenvalue weighted by atomic mass is 16.1. The molecule has 0 radical (unpaired) electrons. The van der Waals surface area contributed by atoms with Gasteiger partial charge in [-0.3, -0.25) is 4.79 Å². The second-order valence-electron chi connectivity index (χ2n) is 7.67. The van der Waals surface area contributed by atoms with E-state index in [4.69, 9.17) is 0 Å². The predicted octanol–water partition coefficient (Wildman–Crippen LogP) is 4.31. The lowest BCUT2D eigenvalue weighted by Gasteiger charge is -2.13. The molecule has 1 aliphatic carbocycles. The van der Waals surface area contributed by atoms with Crippen molar-refractivity contribution in [2.45, 2.75) is 45.6 Å². The van der Waals surface area contributed by atoms with Crippen molar-refractivity contribution in [3.63, 3.8) is 0 Å². The second kappa shape index (κ2) is 7.28. The van der Waals surface area contributed by atoms with Crippen LogP contribution in [0.25, 0.3) is 27.8 Å². The van der Waals surface area contributed by atoms with Gasteiger partial charge in [-0.05, 0) is 50.7 Å². The van der Waals surface area contributed by atoms with Crippen molar-refractivity contribution in [3.8, 4) is 11.1 Å². The van der Waals surface area contributed by atoms with Crippen molar-refractivity contribution in [1.82, 2.24) is 24.4 Å². The maximum atomic E-state index is 13.0. The molecule has 1 aliphatic rings. The lowest BCUT2D eigenvalue weighted by atomic mass is 9.97. The van der Waals surface area contributed by atoms with Gasteiger partial charge >= 0.3 is 0 Å². The van der Waals surface area contributed by atoms with Gasteiger partial charge in [0.2, 0.25) is 0 Å². The molecule has 0 atom stereocenters. The molecular formula is C23H23N5O. The summed E-state index contributed by atoms with van der Waals surface area (Å²) in [6, 6.07) is 12.0. The van der Waals surface area contributed by atoms with Crippen LogP contribution in [0.4, 0.5) is 0 Å². The summed E-state index contributed by atoms with van der Waals surface area (Å²) in [5, 5.41) is 13.4. The molecule has 0 N–H and O–H groups in total. The summed E-state index contributed by atoms with van der Waals surface area (Å²) in [5.41, 5.74) is 5.94. The van der Waals surface area contributed by atoms with Crippen LogP contribution in [0.15, 0.2) is 59.0 Å². The molecule has 0 bridgehead atoms. The van der Waals surface area contributed by atoms with Crippen LogP contribution in [0.3, 0.4) is 0 Å². The van der Waals surface area contributed by atoms with Gasteiger partial charge in [0.05, 0.1) is 11.3 Å². The number of rotatable bonds is 4. The van der Waals surface area contributed by atoms with Crippen LogP contribution < -0.4 is 5.56 Å². The number of allylic oxidation sites excluding steroid dienone is 2. The van der Waals surface area contributed by atoms with Crippen LogP contribution in [0.1, 0.15) is 37.8 Å². The number of fused-ring (bicyclic) bond motifs is 3. The van der Waals surface area contributed by atoms with E-state index in [0.717, 1.165) is 36.1 Å². The lowest BCUT2D eigenvalue weighted by molar-refractivity contribution is 0.615. The molecule has 0 spiro atoms. The van der Waals surface area contributed by atoms with Crippen LogP contribution in [-0.2, 0) is 6.54 Å². The molecule has 0 amide bonds. The highest BCUT2D eigenvalue weighted by Gasteiger charge is 2.17. The van der Waals surface area contributed by atoms with E-state index in [1.807, 2.05) is 49.5 Å². The van der Waals surface area contributed by atoms with Gasteiger partial charge in [0.25, 0.3) is 5.56 Å². The third kappa shape index (κ3) is 3.14. The smallest absolute Gasteiger partial charge is 0.280 e. The molecule has 0 unspecified atom stereocenters. The summed E-state index contributed by atoms with van der Waals surface area (Å²) in [6.45, 7) is 2.63. The number of nitrogens with zero attached hydrogens (tertiary/aromatic N) is 5. The summed E-state index contributed by atoms with van der Waals surface area (Å²) < 4.78 is 3.49. The van der Waals surface area contributed by atoms with Crippen molar-refractivity contribution in [3.05, 3.63) is 70.3 Å². The van der Waals surface area contributed by atoms with Gasteiger partial charge in [-0.15, -0.1) is 10.2 Å². The summed E-state index contributed by atoms with van der Waals surface area (Å²) in [7, 11) is 0. The van der Waals surface area contributed by atoms with Crippen LogP contribution in [0.2, 0.25) is 0 Å². The molecule has 5 rings (SSSR count). The fraction of sp³-hybridized carbons (Fsp3) is 0.304. The molecule has 4 aromatic rings. The van der Waals surface area contributed by atoms with E-state index in [1.165, 1.54) is 18.4 Å². The molecule has 3 aromatic heterocycles. The molecule has 6 nitrogen and oxygen atoms in total.